The van der Waals surface area contributed by atoms with Crippen molar-refractivity contribution in [3.05, 3.63) is 24.3 Å². The molecule has 0 aromatic rings. The molecule has 0 radical (unpaired) electrons. The molecule has 0 unspecified atom stereocenters. The summed E-state index contributed by atoms with van der Waals surface area (Å²) in [6.45, 7) is 6.59. The number of unbranched alkanes of at least 4 members (excludes halogenated alkanes) is 28. The lowest BCUT2D eigenvalue weighted by Crippen LogP contribution is -2.30. The molecule has 322 valence electrons. The minimum absolute atomic E-state index is 0.0698. The largest absolute Gasteiger partial charge is 0.462 e. The summed E-state index contributed by atoms with van der Waals surface area (Å²) in [5, 5.41) is 0. The van der Waals surface area contributed by atoms with Crippen molar-refractivity contribution in [3.63, 3.8) is 0 Å². The van der Waals surface area contributed by atoms with Crippen LogP contribution in [-0.2, 0) is 28.6 Å². The number of hydrogen-bond acceptors (Lipinski definition) is 6. The normalized spacial score (nSPS) is 12.1. The molecule has 0 saturated carbocycles. The number of carbonyl (C=O) groups is 3. The van der Waals surface area contributed by atoms with Crippen molar-refractivity contribution in [2.24, 2.45) is 0 Å². The van der Waals surface area contributed by atoms with Crippen molar-refractivity contribution in [2.45, 2.75) is 258 Å². The molecule has 6 heteroatoms. The summed E-state index contributed by atoms with van der Waals surface area (Å²) in [7, 11) is 0. The molecule has 0 aromatic carbocycles. The molecule has 0 aliphatic heterocycles. The molecule has 0 fully saturated rings. The second-order valence-corrected chi connectivity index (χ2v) is 16.0. The number of rotatable bonds is 43. The first-order chi connectivity index (χ1) is 27.0. The topological polar surface area (TPSA) is 78.9 Å². The van der Waals surface area contributed by atoms with Gasteiger partial charge in [0, 0.05) is 19.3 Å². The van der Waals surface area contributed by atoms with Gasteiger partial charge in [0.25, 0.3) is 0 Å². The maximum Gasteiger partial charge on any atom is 0.306 e. The van der Waals surface area contributed by atoms with E-state index in [0.29, 0.717) is 19.3 Å². The molecule has 0 amide bonds. The van der Waals surface area contributed by atoms with Gasteiger partial charge in [-0.3, -0.25) is 14.4 Å². The Morgan fingerprint density at radius 3 is 1.04 bits per heavy atom. The predicted octanol–water partition coefficient (Wildman–Crippen LogP) is 15.2. The fraction of sp³-hybridized carbons (Fsp3) is 0.857. The first-order valence-electron chi connectivity index (χ1n) is 23.8. The lowest BCUT2D eigenvalue weighted by atomic mass is 10.1. The highest BCUT2D eigenvalue weighted by atomic mass is 16.6. The second kappa shape index (κ2) is 44.6. The van der Waals surface area contributed by atoms with Crippen LogP contribution in [0.3, 0.4) is 0 Å². The van der Waals surface area contributed by atoms with Crippen LogP contribution in [0.1, 0.15) is 252 Å². The van der Waals surface area contributed by atoms with Gasteiger partial charge in [-0.2, -0.15) is 0 Å². The monoisotopic (exact) mass is 775 g/mol. The SMILES string of the molecule is CCCCC/C=C\C/C=C\CCCCCCCCCC(=O)OC[C@@H](COC(=O)CCCCCCCCCCCC)OC(=O)CCCCCCCCCCCC. The molecule has 0 aliphatic rings. The van der Waals surface area contributed by atoms with E-state index in [-0.39, 0.29) is 31.1 Å². The fourth-order valence-corrected chi connectivity index (χ4v) is 6.82. The van der Waals surface area contributed by atoms with Crippen molar-refractivity contribution in [1.82, 2.24) is 0 Å². The Labute approximate surface area is 341 Å². The minimum atomic E-state index is -0.766. The minimum Gasteiger partial charge on any atom is -0.462 e. The molecule has 0 spiro atoms. The molecule has 0 N–H and O–H groups in total. The lowest BCUT2D eigenvalue weighted by Gasteiger charge is -2.18. The average Bonchev–Trinajstić information content (AvgIpc) is 3.18. The van der Waals surface area contributed by atoms with E-state index in [9.17, 15) is 14.4 Å². The zero-order valence-electron chi connectivity index (χ0n) is 36.7. The van der Waals surface area contributed by atoms with Crippen LogP contribution in [0.5, 0.6) is 0 Å². The fourth-order valence-electron chi connectivity index (χ4n) is 6.82. The molecular weight excluding hydrogens is 685 g/mol. The third kappa shape index (κ3) is 42.9. The van der Waals surface area contributed by atoms with Crippen LogP contribution in [0.4, 0.5) is 0 Å². The van der Waals surface area contributed by atoms with E-state index >= 15 is 0 Å². The Bertz CT molecular complexity index is 896. The summed E-state index contributed by atoms with van der Waals surface area (Å²) >= 11 is 0. The van der Waals surface area contributed by atoms with E-state index < -0.39 is 6.10 Å². The van der Waals surface area contributed by atoms with Crippen molar-refractivity contribution in [3.8, 4) is 0 Å². The zero-order chi connectivity index (χ0) is 40.1. The van der Waals surface area contributed by atoms with Crippen molar-refractivity contribution in [2.75, 3.05) is 13.2 Å². The summed E-state index contributed by atoms with van der Waals surface area (Å²) in [6, 6.07) is 0. The van der Waals surface area contributed by atoms with Crippen LogP contribution >= 0.6 is 0 Å². The van der Waals surface area contributed by atoms with Gasteiger partial charge >= 0.3 is 17.9 Å². The zero-order valence-corrected chi connectivity index (χ0v) is 36.7. The van der Waals surface area contributed by atoms with Gasteiger partial charge < -0.3 is 14.2 Å². The lowest BCUT2D eigenvalue weighted by molar-refractivity contribution is -0.167. The molecule has 6 nitrogen and oxygen atoms in total. The van der Waals surface area contributed by atoms with Crippen molar-refractivity contribution in [1.29, 1.82) is 0 Å². The summed E-state index contributed by atoms with van der Waals surface area (Å²) in [4.78, 5) is 37.7. The van der Waals surface area contributed by atoms with Gasteiger partial charge in [0.05, 0.1) is 0 Å². The highest BCUT2D eigenvalue weighted by molar-refractivity contribution is 5.71. The number of carbonyl (C=O) groups excluding carboxylic acids is 3. The number of ether oxygens (including phenoxy) is 3. The Kier molecular flexibility index (Phi) is 42.9. The van der Waals surface area contributed by atoms with Crippen LogP contribution in [0.25, 0.3) is 0 Å². The van der Waals surface area contributed by atoms with Crippen molar-refractivity contribution >= 4 is 17.9 Å². The number of allylic oxidation sites excluding steroid dienone is 4. The summed E-state index contributed by atoms with van der Waals surface area (Å²) in [5.74, 6) is -0.873. The maximum absolute atomic E-state index is 12.7. The average molecular weight is 775 g/mol. The van der Waals surface area contributed by atoms with Gasteiger partial charge in [0.2, 0.25) is 0 Å². The van der Waals surface area contributed by atoms with Gasteiger partial charge in [-0.15, -0.1) is 0 Å². The second-order valence-electron chi connectivity index (χ2n) is 16.0. The van der Waals surface area contributed by atoms with E-state index in [0.717, 1.165) is 70.6 Å². The summed E-state index contributed by atoms with van der Waals surface area (Å²) < 4.78 is 16.7. The molecule has 55 heavy (non-hydrogen) atoms. The quantitative estimate of drug-likeness (QED) is 0.0266. The molecular formula is C49H90O6. The van der Waals surface area contributed by atoms with Crippen LogP contribution in [0.2, 0.25) is 0 Å². The summed E-state index contributed by atoms with van der Waals surface area (Å²) in [6.07, 6.45) is 48.7. The Hall–Kier alpha value is -2.11. The Balaban J connectivity index is 4.30. The highest BCUT2D eigenvalue weighted by Gasteiger charge is 2.19. The highest BCUT2D eigenvalue weighted by Crippen LogP contribution is 2.15. The van der Waals surface area contributed by atoms with Crippen LogP contribution < -0.4 is 0 Å². The molecule has 0 rings (SSSR count). The molecule has 0 aromatic heterocycles. The number of hydrogen-bond donors (Lipinski definition) is 0. The first kappa shape index (κ1) is 52.9. The van der Waals surface area contributed by atoms with Gasteiger partial charge in [-0.1, -0.05) is 206 Å². The Morgan fingerprint density at radius 2 is 0.655 bits per heavy atom. The predicted molar refractivity (Wildman–Crippen MR) is 233 cm³/mol. The standard InChI is InChI=1S/C49H90O6/c1-4-7-10-13-16-19-22-23-24-25-26-27-28-31-33-36-39-42-48(51)54-45-46(55-49(52)43-40-37-34-30-21-18-15-12-9-6-3)44-53-47(50)41-38-35-32-29-20-17-14-11-8-5-2/h16,19,23-24,46H,4-15,17-18,20-22,25-45H2,1-3H3/b19-16-,24-23-/t46-/m1/s1. The van der Waals surface area contributed by atoms with Crippen molar-refractivity contribution < 1.29 is 28.6 Å². The molecule has 0 aliphatic carbocycles. The first-order valence-corrected chi connectivity index (χ1v) is 23.8. The summed E-state index contributed by atoms with van der Waals surface area (Å²) in [5.41, 5.74) is 0. The molecule has 1 atom stereocenters. The van der Waals surface area contributed by atoms with E-state index in [4.69, 9.17) is 14.2 Å². The molecule has 0 saturated heterocycles. The molecule has 0 bridgehead atoms. The smallest absolute Gasteiger partial charge is 0.306 e. The van der Waals surface area contributed by atoms with E-state index in [1.54, 1.807) is 0 Å². The number of esters is 3. The van der Waals surface area contributed by atoms with Crippen LogP contribution in [0.15, 0.2) is 24.3 Å². The van der Waals surface area contributed by atoms with Gasteiger partial charge in [0.15, 0.2) is 6.10 Å². The third-order valence-electron chi connectivity index (χ3n) is 10.5. The van der Waals surface area contributed by atoms with Crippen LogP contribution in [0, 0.1) is 0 Å². The van der Waals surface area contributed by atoms with Crippen LogP contribution in [-0.4, -0.2) is 37.2 Å². The van der Waals surface area contributed by atoms with Gasteiger partial charge in [-0.25, -0.2) is 0 Å². The van der Waals surface area contributed by atoms with Gasteiger partial charge in [-0.05, 0) is 51.4 Å². The van der Waals surface area contributed by atoms with E-state index in [1.165, 1.54) is 141 Å². The van der Waals surface area contributed by atoms with E-state index in [2.05, 4.69) is 45.1 Å². The Morgan fingerprint density at radius 1 is 0.364 bits per heavy atom. The maximum atomic E-state index is 12.7. The van der Waals surface area contributed by atoms with E-state index in [1.807, 2.05) is 0 Å². The molecule has 0 heterocycles. The van der Waals surface area contributed by atoms with Gasteiger partial charge in [0.1, 0.15) is 13.2 Å². The third-order valence-corrected chi connectivity index (χ3v) is 10.5.